The minimum atomic E-state index is -0.166. The first-order valence-electron chi connectivity index (χ1n) is 11.5. The molecule has 1 amide bonds. The van der Waals surface area contributed by atoms with E-state index >= 15 is 0 Å². The number of nitrogens with one attached hydrogen (secondary N) is 1. The number of fused-ring (bicyclic) bond motifs is 6. The SMILES string of the molecule is Cc1ccc(NC(=O)Cn2c3c(sc2=O)[C@H](c2ccc(Cl)cc2)[C@@H]2[C@H]4CC[C@@H](C4)[C@@H]2S3)cc1. The van der Waals surface area contributed by atoms with Gasteiger partial charge in [-0.3, -0.25) is 14.2 Å². The lowest BCUT2D eigenvalue weighted by Crippen LogP contribution is -2.34. The van der Waals surface area contributed by atoms with Crippen LogP contribution < -0.4 is 10.2 Å². The van der Waals surface area contributed by atoms with Crippen LogP contribution in [0.15, 0.2) is 58.4 Å². The Kier molecular flexibility index (Phi) is 5.43. The summed E-state index contributed by atoms with van der Waals surface area (Å²) < 4.78 is 1.71. The number of halogens is 1. The molecule has 2 heterocycles. The van der Waals surface area contributed by atoms with Gasteiger partial charge in [-0.2, -0.15) is 0 Å². The summed E-state index contributed by atoms with van der Waals surface area (Å²) in [5.41, 5.74) is 3.13. The summed E-state index contributed by atoms with van der Waals surface area (Å²) in [6.45, 7) is 2.06. The summed E-state index contributed by atoms with van der Waals surface area (Å²) in [4.78, 5) is 27.1. The van der Waals surface area contributed by atoms with Gasteiger partial charge in [0.1, 0.15) is 6.54 Å². The molecule has 3 aliphatic rings. The van der Waals surface area contributed by atoms with E-state index in [2.05, 4.69) is 17.4 Å². The van der Waals surface area contributed by atoms with Crippen LogP contribution in [0.2, 0.25) is 5.02 Å². The maximum Gasteiger partial charge on any atom is 0.308 e. The second-order valence-electron chi connectivity index (χ2n) is 9.56. The first-order valence-corrected chi connectivity index (χ1v) is 13.6. The monoisotopic (exact) mass is 496 g/mol. The fourth-order valence-electron chi connectivity index (χ4n) is 6.11. The van der Waals surface area contributed by atoms with Gasteiger partial charge in [0, 0.05) is 26.8 Å². The average Bonchev–Trinajstić information content (AvgIpc) is 3.49. The van der Waals surface area contributed by atoms with Crippen molar-refractivity contribution in [3.63, 3.8) is 0 Å². The number of benzene rings is 2. The van der Waals surface area contributed by atoms with E-state index < -0.39 is 0 Å². The first-order chi connectivity index (χ1) is 16.0. The van der Waals surface area contributed by atoms with Crippen molar-refractivity contribution in [2.45, 2.75) is 48.9 Å². The molecule has 3 aromatic rings. The Bertz CT molecular complexity index is 1260. The first kappa shape index (κ1) is 21.5. The standard InChI is InChI=1S/C26H25ClN2O2S2/c1-14-2-10-19(11-3-14)28-20(30)13-29-25-24(33-26(29)31)21(15-6-8-18(27)9-7-15)22-16-4-5-17(12-16)23(22)32-25/h2-3,6-11,16-17,21-23H,4-5,12-13H2,1H3,(H,28,30)/t16-,17-,21+,22-,23-/m0/s1. The number of thioether (sulfide) groups is 1. The van der Waals surface area contributed by atoms with Gasteiger partial charge in [0.15, 0.2) is 0 Å². The fourth-order valence-corrected chi connectivity index (χ4v) is 9.39. The molecule has 2 aliphatic carbocycles. The highest BCUT2D eigenvalue weighted by atomic mass is 35.5. The third-order valence-electron chi connectivity index (χ3n) is 7.56. The van der Waals surface area contributed by atoms with Gasteiger partial charge in [0.2, 0.25) is 5.91 Å². The lowest BCUT2D eigenvalue weighted by molar-refractivity contribution is -0.116. The van der Waals surface area contributed by atoms with Crippen LogP contribution in [0.25, 0.3) is 0 Å². The summed E-state index contributed by atoms with van der Waals surface area (Å²) in [5, 5.41) is 5.18. The van der Waals surface area contributed by atoms with E-state index in [1.807, 2.05) is 55.1 Å². The second-order valence-corrected chi connectivity index (χ2v) is 12.2. The van der Waals surface area contributed by atoms with Gasteiger partial charge < -0.3 is 5.32 Å². The van der Waals surface area contributed by atoms with E-state index in [0.717, 1.165) is 32.1 Å². The van der Waals surface area contributed by atoms with Crippen LogP contribution in [0.3, 0.4) is 0 Å². The van der Waals surface area contributed by atoms with Gasteiger partial charge in [-0.05, 0) is 73.8 Å². The zero-order valence-electron chi connectivity index (χ0n) is 18.3. The number of anilines is 1. The lowest BCUT2D eigenvalue weighted by Gasteiger charge is -2.40. The Hall–Kier alpha value is -2.02. The predicted octanol–water partition coefficient (Wildman–Crippen LogP) is 6.16. The molecule has 170 valence electrons. The Morgan fingerprint density at radius 3 is 2.58 bits per heavy atom. The van der Waals surface area contributed by atoms with E-state index in [-0.39, 0.29) is 23.2 Å². The highest BCUT2D eigenvalue weighted by molar-refractivity contribution is 8.00. The molecule has 2 bridgehead atoms. The Morgan fingerprint density at radius 1 is 1.09 bits per heavy atom. The molecule has 1 aliphatic heterocycles. The maximum atomic E-state index is 13.1. The molecule has 33 heavy (non-hydrogen) atoms. The number of carbonyl (C=O) groups excluding carboxylic acids is 1. The Labute approximate surface area is 206 Å². The van der Waals surface area contributed by atoms with Gasteiger partial charge in [-0.25, -0.2) is 0 Å². The molecule has 2 fully saturated rings. The van der Waals surface area contributed by atoms with Gasteiger partial charge >= 0.3 is 4.87 Å². The van der Waals surface area contributed by atoms with Crippen molar-refractivity contribution >= 4 is 46.3 Å². The number of amides is 1. The van der Waals surface area contributed by atoms with E-state index in [9.17, 15) is 9.59 Å². The normalized spacial score (nSPS) is 27.3. The topological polar surface area (TPSA) is 51.1 Å². The summed E-state index contributed by atoms with van der Waals surface area (Å²) in [6.07, 6.45) is 3.86. The third kappa shape index (κ3) is 3.76. The van der Waals surface area contributed by atoms with Crippen LogP contribution in [0.4, 0.5) is 5.69 Å². The summed E-state index contributed by atoms with van der Waals surface area (Å²) in [7, 11) is 0. The molecular weight excluding hydrogens is 472 g/mol. The smallest absolute Gasteiger partial charge is 0.308 e. The number of aromatic nitrogens is 1. The molecule has 6 rings (SSSR count). The molecule has 1 aromatic heterocycles. The lowest BCUT2D eigenvalue weighted by atomic mass is 9.75. The van der Waals surface area contributed by atoms with E-state index in [0.29, 0.717) is 17.1 Å². The zero-order valence-corrected chi connectivity index (χ0v) is 20.7. The van der Waals surface area contributed by atoms with Crippen LogP contribution in [0.1, 0.15) is 41.2 Å². The summed E-state index contributed by atoms with van der Waals surface area (Å²) in [5.74, 6) is 2.02. The van der Waals surface area contributed by atoms with Crippen molar-refractivity contribution in [2.75, 3.05) is 5.32 Å². The van der Waals surface area contributed by atoms with Crippen molar-refractivity contribution in [3.05, 3.63) is 79.2 Å². The number of thiazole rings is 1. The van der Waals surface area contributed by atoms with Crippen molar-refractivity contribution in [1.82, 2.24) is 4.57 Å². The van der Waals surface area contributed by atoms with Crippen LogP contribution in [-0.2, 0) is 11.3 Å². The van der Waals surface area contributed by atoms with E-state index in [4.69, 9.17) is 11.6 Å². The van der Waals surface area contributed by atoms with Gasteiger partial charge in [-0.1, -0.05) is 52.8 Å². The Morgan fingerprint density at radius 2 is 1.82 bits per heavy atom. The van der Waals surface area contributed by atoms with Gasteiger partial charge in [0.25, 0.3) is 0 Å². The molecule has 2 saturated carbocycles. The van der Waals surface area contributed by atoms with Gasteiger partial charge in [-0.15, -0.1) is 11.8 Å². The predicted molar refractivity (Wildman–Crippen MR) is 136 cm³/mol. The third-order valence-corrected chi connectivity index (χ3v) is 10.6. The molecule has 0 saturated heterocycles. The van der Waals surface area contributed by atoms with E-state index in [1.165, 1.54) is 36.2 Å². The largest absolute Gasteiger partial charge is 0.325 e. The molecule has 7 heteroatoms. The van der Waals surface area contributed by atoms with Crippen molar-refractivity contribution in [1.29, 1.82) is 0 Å². The summed E-state index contributed by atoms with van der Waals surface area (Å²) >= 11 is 9.37. The zero-order chi connectivity index (χ0) is 22.7. The molecule has 0 spiro atoms. The molecule has 0 unspecified atom stereocenters. The van der Waals surface area contributed by atoms with Gasteiger partial charge in [0.05, 0.1) is 5.03 Å². The highest BCUT2D eigenvalue weighted by Gasteiger charge is 2.55. The number of nitrogens with zero attached hydrogens (tertiary/aromatic N) is 1. The Balaban J connectivity index is 1.36. The number of aryl methyl sites for hydroxylation is 1. The highest BCUT2D eigenvalue weighted by Crippen LogP contribution is 2.64. The van der Waals surface area contributed by atoms with Crippen molar-refractivity contribution < 1.29 is 4.79 Å². The molecule has 0 radical (unpaired) electrons. The van der Waals surface area contributed by atoms with Crippen LogP contribution in [-0.4, -0.2) is 15.7 Å². The van der Waals surface area contributed by atoms with Crippen molar-refractivity contribution in [3.8, 4) is 0 Å². The minimum Gasteiger partial charge on any atom is -0.325 e. The average molecular weight is 497 g/mol. The van der Waals surface area contributed by atoms with Crippen LogP contribution >= 0.6 is 34.7 Å². The quantitative estimate of drug-likeness (QED) is 0.470. The van der Waals surface area contributed by atoms with Crippen LogP contribution in [0.5, 0.6) is 0 Å². The fraction of sp³-hybridized carbons (Fsp3) is 0.385. The molecule has 1 N–H and O–H groups in total. The number of rotatable bonds is 4. The van der Waals surface area contributed by atoms with Crippen LogP contribution in [0, 0.1) is 24.7 Å². The van der Waals surface area contributed by atoms with Crippen molar-refractivity contribution in [2.24, 2.45) is 17.8 Å². The maximum absolute atomic E-state index is 13.1. The number of hydrogen-bond donors (Lipinski definition) is 1. The summed E-state index contributed by atoms with van der Waals surface area (Å²) in [6, 6.07) is 15.9. The molecule has 5 atom stereocenters. The minimum absolute atomic E-state index is 0.0437. The molecular formula is C26H25ClN2O2S2. The molecule has 2 aromatic carbocycles. The van der Waals surface area contributed by atoms with E-state index in [1.54, 1.807) is 4.57 Å². The second kappa shape index (κ2) is 8.33. The number of carbonyl (C=O) groups is 1. The molecule has 4 nitrogen and oxygen atoms in total. The number of hydrogen-bond acceptors (Lipinski definition) is 4.